The molecule has 0 spiro atoms. The summed E-state index contributed by atoms with van der Waals surface area (Å²) in [6.45, 7) is 0.257. The maximum absolute atomic E-state index is 12.4. The number of carboxylic acids is 1. The van der Waals surface area contributed by atoms with Gasteiger partial charge in [0.05, 0.1) is 11.4 Å². The molecule has 1 aromatic rings. The molecule has 25 heavy (non-hydrogen) atoms. The standard InChI is InChI=1S/C17H21N3O5/c1-19(10-4-7-17(24)25)15(22)8-9-16(23)20-11-14(21)18-12-5-2-3-6-13(12)20/h2-3,5-6H,4,7-11H2,1H3,(H,18,21)(H,24,25). The van der Waals surface area contributed by atoms with Crippen molar-refractivity contribution >= 4 is 35.1 Å². The molecule has 1 aliphatic heterocycles. The van der Waals surface area contributed by atoms with Gasteiger partial charge in [-0.2, -0.15) is 0 Å². The van der Waals surface area contributed by atoms with Crippen LogP contribution in [0, 0.1) is 0 Å². The number of benzene rings is 1. The van der Waals surface area contributed by atoms with Crippen LogP contribution in [0.3, 0.4) is 0 Å². The molecule has 0 unspecified atom stereocenters. The number of fused-ring (bicyclic) bond motifs is 1. The number of rotatable bonds is 7. The fourth-order valence-corrected chi connectivity index (χ4v) is 2.59. The molecule has 1 heterocycles. The topological polar surface area (TPSA) is 107 Å². The minimum absolute atomic E-state index is 0.00375. The van der Waals surface area contributed by atoms with Crippen molar-refractivity contribution in [3.63, 3.8) is 0 Å². The smallest absolute Gasteiger partial charge is 0.303 e. The van der Waals surface area contributed by atoms with Gasteiger partial charge in [0.15, 0.2) is 0 Å². The van der Waals surface area contributed by atoms with Gasteiger partial charge in [-0.15, -0.1) is 0 Å². The summed E-state index contributed by atoms with van der Waals surface area (Å²) in [4.78, 5) is 49.5. The van der Waals surface area contributed by atoms with Gasteiger partial charge in [0, 0.05) is 32.9 Å². The van der Waals surface area contributed by atoms with E-state index < -0.39 is 5.97 Å². The van der Waals surface area contributed by atoms with Crippen molar-refractivity contribution in [1.29, 1.82) is 0 Å². The van der Waals surface area contributed by atoms with Gasteiger partial charge in [-0.25, -0.2) is 0 Å². The van der Waals surface area contributed by atoms with Crippen LogP contribution in [-0.4, -0.2) is 53.8 Å². The van der Waals surface area contributed by atoms with Gasteiger partial charge in [-0.1, -0.05) is 12.1 Å². The van der Waals surface area contributed by atoms with Crippen molar-refractivity contribution in [1.82, 2.24) is 4.90 Å². The highest BCUT2D eigenvalue weighted by atomic mass is 16.4. The van der Waals surface area contributed by atoms with Gasteiger partial charge in [0.25, 0.3) is 0 Å². The van der Waals surface area contributed by atoms with Gasteiger partial charge in [-0.05, 0) is 18.6 Å². The zero-order valence-corrected chi connectivity index (χ0v) is 14.0. The Morgan fingerprint density at radius 1 is 1.20 bits per heavy atom. The van der Waals surface area contributed by atoms with E-state index in [0.29, 0.717) is 24.3 Å². The number of anilines is 2. The molecule has 0 saturated carbocycles. The predicted octanol–water partition coefficient (Wildman–Crippen LogP) is 1.08. The van der Waals surface area contributed by atoms with Crippen molar-refractivity contribution in [2.24, 2.45) is 0 Å². The molecule has 0 radical (unpaired) electrons. The van der Waals surface area contributed by atoms with Crippen LogP contribution in [-0.2, 0) is 19.2 Å². The van der Waals surface area contributed by atoms with Gasteiger partial charge in [-0.3, -0.25) is 19.2 Å². The second-order valence-corrected chi connectivity index (χ2v) is 5.86. The minimum Gasteiger partial charge on any atom is -0.481 e. The van der Waals surface area contributed by atoms with Crippen molar-refractivity contribution in [2.45, 2.75) is 25.7 Å². The Morgan fingerprint density at radius 3 is 2.64 bits per heavy atom. The van der Waals surface area contributed by atoms with Crippen LogP contribution in [0.15, 0.2) is 24.3 Å². The molecule has 2 rings (SSSR count). The molecular weight excluding hydrogens is 326 g/mol. The van der Waals surface area contributed by atoms with Crippen LogP contribution in [0.25, 0.3) is 0 Å². The normalized spacial score (nSPS) is 13.0. The Kier molecular flexibility index (Phi) is 6.10. The van der Waals surface area contributed by atoms with Gasteiger partial charge in [0.2, 0.25) is 17.7 Å². The summed E-state index contributed by atoms with van der Waals surface area (Å²) >= 11 is 0. The van der Waals surface area contributed by atoms with Gasteiger partial charge >= 0.3 is 5.97 Å². The number of carboxylic acid groups (broad SMARTS) is 1. The van der Waals surface area contributed by atoms with Gasteiger partial charge in [0.1, 0.15) is 6.54 Å². The van der Waals surface area contributed by atoms with Gasteiger partial charge < -0.3 is 20.2 Å². The summed E-state index contributed by atoms with van der Waals surface area (Å²) in [6, 6.07) is 7.00. The summed E-state index contributed by atoms with van der Waals surface area (Å²) in [6.07, 6.45) is 0.369. The number of nitrogens with zero attached hydrogens (tertiary/aromatic N) is 2. The quantitative estimate of drug-likeness (QED) is 0.767. The number of hydrogen-bond donors (Lipinski definition) is 2. The highest BCUT2D eigenvalue weighted by molar-refractivity contribution is 6.10. The van der Waals surface area contributed by atoms with Crippen LogP contribution >= 0.6 is 0 Å². The lowest BCUT2D eigenvalue weighted by Gasteiger charge is -2.29. The Morgan fingerprint density at radius 2 is 1.92 bits per heavy atom. The summed E-state index contributed by atoms with van der Waals surface area (Å²) < 4.78 is 0. The average Bonchev–Trinajstić information content (AvgIpc) is 2.58. The van der Waals surface area contributed by atoms with E-state index in [1.807, 2.05) is 0 Å². The molecule has 134 valence electrons. The number of aliphatic carboxylic acids is 1. The Hall–Kier alpha value is -2.90. The van der Waals surface area contributed by atoms with Crippen LogP contribution in [0.1, 0.15) is 25.7 Å². The highest BCUT2D eigenvalue weighted by Gasteiger charge is 2.26. The molecule has 3 amide bonds. The maximum Gasteiger partial charge on any atom is 0.303 e. The maximum atomic E-state index is 12.4. The third-order valence-electron chi connectivity index (χ3n) is 3.93. The lowest BCUT2D eigenvalue weighted by Crippen LogP contribution is -2.42. The van der Waals surface area contributed by atoms with E-state index in [4.69, 9.17) is 5.11 Å². The Balaban J connectivity index is 1.89. The predicted molar refractivity (Wildman–Crippen MR) is 91.2 cm³/mol. The molecule has 0 bridgehead atoms. The summed E-state index contributed by atoms with van der Waals surface area (Å²) in [7, 11) is 1.58. The first-order valence-corrected chi connectivity index (χ1v) is 8.03. The molecule has 8 nitrogen and oxygen atoms in total. The van der Waals surface area contributed by atoms with Crippen LogP contribution in [0.4, 0.5) is 11.4 Å². The molecule has 8 heteroatoms. The van der Waals surface area contributed by atoms with Crippen molar-refractivity contribution in [3.05, 3.63) is 24.3 Å². The first kappa shape index (κ1) is 18.4. The van der Waals surface area contributed by atoms with Crippen LogP contribution in [0.2, 0.25) is 0 Å². The number of carbonyl (C=O) groups is 4. The second-order valence-electron chi connectivity index (χ2n) is 5.86. The molecule has 0 saturated heterocycles. The number of hydrogen-bond acceptors (Lipinski definition) is 4. The van der Waals surface area contributed by atoms with E-state index >= 15 is 0 Å². The van der Waals surface area contributed by atoms with Crippen molar-refractivity contribution < 1.29 is 24.3 Å². The Bertz CT molecular complexity index is 689. The number of carbonyl (C=O) groups excluding carboxylic acids is 3. The molecule has 2 N–H and O–H groups in total. The molecule has 0 fully saturated rings. The molecule has 0 aromatic heterocycles. The number of para-hydroxylation sites is 2. The van der Waals surface area contributed by atoms with E-state index in [0.717, 1.165) is 0 Å². The zero-order valence-electron chi connectivity index (χ0n) is 14.0. The highest BCUT2D eigenvalue weighted by Crippen LogP contribution is 2.29. The fraction of sp³-hybridized carbons (Fsp3) is 0.412. The van der Waals surface area contributed by atoms with Crippen LogP contribution in [0.5, 0.6) is 0 Å². The summed E-state index contributed by atoms with van der Waals surface area (Å²) in [5.74, 6) is -1.70. The van der Waals surface area contributed by atoms with E-state index in [1.54, 1.807) is 31.3 Å². The summed E-state index contributed by atoms with van der Waals surface area (Å²) in [5.41, 5.74) is 1.19. The van der Waals surface area contributed by atoms with Crippen molar-refractivity contribution in [3.8, 4) is 0 Å². The van der Waals surface area contributed by atoms with Crippen molar-refractivity contribution in [2.75, 3.05) is 30.4 Å². The lowest BCUT2D eigenvalue weighted by atomic mass is 10.1. The first-order chi connectivity index (χ1) is 11.9. The average molecular weight is 347 g/mol. The lowest BCUT2D eigenvalue weighted by molar-refractivity contribution is -0.138. The van der Waals surface area contributed by atoms with E-state index in [2.05, 4.69) is 5.32 Å². The second kappa shape index (κ2) is 8.27. The molecular formula is C17H21N3O5. The number of amides is 3. The minimum atomic E-state index is -0.905. The van der Waals surface area contributed by atoms with E-state index in [1.165, 1.54) is 9.80 Å². The third kappa shape index (κ3) is 5.03. The van der Waals surface area contributed by atoms with Crippen LogP contribution < -0.4 is 10.2 Å². The molecule has 1 aliphatic rings. The fourth-order valence-electron chi connectivity index (χ4n) is 2.59. The largest absolute Gasteiger partial charge is 0.481 e. The SMILES string of the molecule is CN(CCCC(=O)O)C(=O)CCC(=O)N1CC(=O)Nc2ccccc21. The molecule has 1 aromatic carbocycles. The van der Waals surface area contributed by atoms with E-state index in [-0.39, 0.29) is 43.5 Å². The first-order valence-electron chi connectivity index (χ1n) is 8.03. The van der Waals surface area contributed by atoms with E-state index in [9.17, 15) is 19.2 Å². The molecule has 0 aliphatic carbocycles. The third-order valence-corrected chi connectivity index (χ3v) is 3.93. The zero-order chi connectivity index (χ0) is 18.4. The monoisotopic (exact) mass is 347 g/mol. The molecule has 0 atom stereocenters. The number of nitrogens with one attached hydrogen (secondary N) is 1. The summed E-state index contributed by atoms with van der Waals surface area (Å²) in [5, 5.41) is 11.3. The Labute approximate surface area is 145 Å².